The van der Waals surface area contributed by atoms with E-state index in [1.807, 2.05) is 66.9 Å². The van der Waals surface area contributed by atoms with Crippen molar-refractivity contribution in [1.29, 1.82) is 0 Å². The predicted molar refractivity (Wildman–Crippen MR) is 153 cm³/mol. The number of hydrogen-bond donors (Lipinski definition) is 0. The topological polar surface area (TPSA) is 49.7 Å². The first kappa shape index (κ1) is 23.3. The standard InChI is InChI=1S/C33H25BrN2O2/c1-19-8-7-13-27(20(19)2)35-18-33-25-11-5-3-9-23(25)28(24-10-4-6-12-26(24)33)29-30(33)32(38)36(31(29)37)22-16-14-21(34)15-17-22/h3-18,28-30H,1-2H3/t28?,29-,30-,33?/m1/s1. The number of benzene rings is 4. The van der Waals surface area contributed by atoms with Crippen molar-refractivity contribution in [2.24, 2.45) is 16.8 Å². The van der Waals surface area contributed by atoms with Crippen molar-refractivity contribution in [3.63, 3.8) is 0 Å². The zero-order valence-corrected chi connectivity index (χ0v) is 22.6. The largest absolute Gasteiger partial charge is 0.274 e. The van der Waals surface area contributed by atoms with Gasteiger partial charge < -0.3 is 0 Å². The highest BCUT2D eigenvalue weighted by atomic mass is 79.9. The molecule has 0 N–H and O–H groups in total. The Labute approximate surface area is 230 Å². The van der Waals surface area contributed by atoms with Crippen LogP contribution in [0.2, 0.25) is 0 Å². The van der Waals surface area contributed by atoms with E-state index in [4.69, 9.17) is 4.99 Å². The van der Waals surface area contributed by atoms with E-state index in [-0.39, 0.29) is 17.7 Å². The van der Waals surface area contributed by atoms with E-state index in [1.54, 1.807) is 0 Å². The van der Waals surface area contributed by atoms with E-state index in [9.17, 15) is 9.59 Å². The first-order valence-electron chi connectivity index (χ1n) is 12.9. The first-order valence-corrected chi connectivity index (χ1v) is 13.7. The number of imide groups is 1. The van der Waals surface area contributed by atoms with Gasteiger partial charge in [0.15, 0.2) is 0 Å². The summed E-state index contributed by atoms with van der Waals surface area (Å²) >= 11 is 3.47. The zero-order chi connectivity index (χ0) is 26.2. The maximum atomic E-state index is 14.4. The molecule has 1 fully saturated rings. The van der Waals surface area contributed by atoms with Gasteiger partial charge in [-0.2, -0.15) is 0 Å². The Balaban J connectivity index is 1.51. The van der Waals surface area contributed by atoms with Crippen LogP contribution in [0.25, 0.3) is 0 Å². The number of carbonyl (C=O) groups excluding carboxylic acids is 2. The Morgan fingerprint density at radius 3 is 2.08 bits per heavy atom. The minimum Gasteiger partial charge on any atom is -0.274 e. The van der Waals surface area contributed by atoms with Gasteiger partial charge in [0.2, 0.25) is 11.8 Å². The van der Waals surface area contributed by atoms with Crippen molar-refractivity contribution < 1.29 is 9.59 Å². The van der Waals surface area contributed by atoms with E-state index >= 15 is 0 Å². The van der Waals surface area contributed by atoms with Gasteiger partial charge in [-0.05, 0) is 77.6 Å². The van der Waals surface area contributed by atoms with Crippen molar-refractivity contribution in [1.82, 2.24) is 0 Å². The molecule has 38 heavy (non-hydrogen) atoms. The van der Waals surface area contributed by atoms with Crippen molar-refractivity contribution in [3.05, 3.63) is 129 Å². The summed E-state index contributed by atoms with van der Waals surface area (Å²) in [4.78, 5) is 35.1. The molecule has 4 nitrogen and oxygen atoms in total. The minimum absolute atomic E-state index is 0.138. The summed E-state index contributed by atoms with van der Waals surface area (Å²) in [6.07, 6.45) is 1.97. The number of aliphatic imine (C=N–C) groups is 1. The fraction of sp³-hybridized carbons (Fsp3) is 0.182. The maximum Gasteiger partial charge on any atom is 0.239 e. The third-order valence-electron chi connectivity index (χ3n) is 8.75. The van der Waals surface area contributed by atoms with Gasteiger partial charge in [0.05, 0.1) is 28.6 Å². The van der Waals surface area contributed by atoms with Crippen LogP contribution in [-0.2, 0) is 15.0 Å². The Morgan fingerprint density at radius 2 is 1.42 bits per heavy atom. The number of carbonyl (C=O) groups is 2. The van der Waals surface area contributed by atoms with Gasteiger partial charge in [0, 0.05) is 16.6 Å². The molecule has 0 radical (unpaired) electrons. The lowest BCUT2D eigenvalue weighted by Crippen LogP contribution is -2.54. The molecule has 4 aliphatic rings. The fourth-order valence-corrected chi connectivity index (χ4v) is 7.21. The summed E-state index contributed by atoms with van der Waals surface area (Å²) < 4.78 is 0.898. The van der Waals surface area contributed by atoms with E-state index < -0.39 is 17.3 Å². The highest BCUT2D eigenvalue weighted by molar-refractivity contribution is 9.10. The highest BCUT2D eigenvalue weighted by Crippen LogP contribution is 2.63. The molecule has 2 bridgehead atoms. The first-order chi connectivity index (χ1) is 18.4. The number of aryl methyl sites for hydroxylation is 1. The summed E-state index contributed by atoms with van der Waals surface area (Å²) in [5, 5.41) is 0. The quantitative estimate of drug-likeness (QED) is 0.199. The SMILES string of the molecule is Cc1cccc(N=CC23c4ccccc4C(c4ccccc42)[C@H]2C(=O)N(c4ccc(Br)cc4)C(=O)[C@@H]23)c1C. The number of halogens is 1. The van der Waals surface area contributed by atoms with Gasteiger partial charge in [0.1, 0.15) is 0 Å². The molecule has 4 aromatic rings. The maximum absolute atomic E-state index is 14.4. The van der Waals surface area contributed by atoms with Gasteiger partial charge in [-0.1, -0.05) is 76.6 Å². The Hall–Kier alpha value is -3.83. The monoisotopic (exact) mass is 560 g/mol. The van der Waals surface area contributed by atoms with Crippen LogP contribution in [0.4, 0.5) is 11.4 Å². The molecule has 0 saturated carbocycles. The van der Waals surface area contributed by atoms with Crippen molar-refractivity contribution in [2.45, 2.75) is 25.2 Å². The Bertz CT molecular complexity index is 1630. The molecule has 2 amide bonds. The smallest absolute Gasteiger partial charge is 0.239 e. The molecule has 186 valence electrons. The van der Waals surface area contributed by atoms with Gasteiger partial charge in [-0.15, -0.1) is 0 Å². The van der Waals surface area contributed by atoms with Gasteiger partial charge in [-0.3, -0.25) is 14.6 Å². The predicted octanol–water partition coefficient (Wildman–Crippen LogP) is 7.02. The summed E-state index contributed by atoms with van der Waals surface area (Å²) in [5.41, 5.74) is 7.24. The van der Waals surface area contributed by atoms with Crippen molar-refractivity contribution in [3.8, 4) is 0 Å². The molecular formula is C33H25BrN2O2. The third kappa shape index (κ3) is 2.99. The lowest BCUT2D eigenvalue weighted by molar-refractivity contribution is -0.122. The fourth-order valence-electron chi connectivity index (χ4n) is 6.94. The molecule has 0 aromatic heterocycles. The Morgan fingerprint density at radius 1 is 0.789 bits per heavy atom. The van der Waals surface area contributed by atoms with Crippen LogP contribution in [0.5, 0.6) is 0 Å². The van der Waals surface area contributed by atoms with Gasteiger partial charge >= 0.3 is 0 Å². The van der Waals surface area contributed by atoms with Crippen LogP contribution in [0.3, 0.4) is 0 Å². The van der Waals surface area contributed by atoms with Crippen LogP contribution in [0.1, 0.15) is 39.3 Å². The molecule has 4 aromatic carbocycles. The van der Waals surface area contributed by atoms with Gasteiger partial charge in [0.25, 0.3) is 0 Å². The molecule has 1 aliphatic heterocycles. The molecular weight excluding hydrogens is 536 g/mol. The van der Waals surface area contributed by atoms with Crippen LogP contribution >= 0.6 is 15.9 Å². The molecule has 2 atom stereocenters. The molecule has 0 unspecified atom stereocenters. The number of rotatable bonds is 3. The second-order valence-electron chi connectivity index (χ2n) is 10.5. The second-order valence-corrected chi connectivity index (χ2v) is 11.4. The van der Waals surface area contributed by atoms with Crippen LogP contribution in [0.15, 0.2) is 100 Å². The number of hydrogen-bond acceptors (Lipinski definition) is 3. The minimum atomic E-state index is -0.861. The molecule has 1 heterocycles. The summed E-state index contributed by atoms with van der Waals surface area (Å²) in [6.45, 7) is 4.15. The van der Waals surface area contributed by atoms with Crippen molar-refractivity contribution in [2.75, 3.05) is 4.90 Å². The average molecular weight is 561 g/mol. The summed E-state index contributed by atoms with van der Waals surface area (Å²) in [7, 11) is 0. The average Bonchev–Trinajstić information content (AvgIpc) is 3.21. The highest BCUT2D eigenvalue weighted by Gasteiger charge is 2.67. The van der Waals surface area contributed by atoms with Crippen LogP contribution in [-0.4, -0.2) is 18.0 Å². The van der Waals surface area contributed by atoms with E-state index in [1.165, 1.54) is 4.90 Å². The lowest BCUT2D eigenvalue weighted by Gasteiger charge is -2.52. The number of anilines is 1. The molecule has 1 saturated heterocycles. The summed E-state index contributed by atoms with van der Waals surface area (Å²) in [6, 6.07) is 30.1. The molecule has 5 heteroatoms. The molecule has 0 spiro atoms. The van der Waals surface area contributed by atoms with E-state index in [2.05, 4.69) is 60.1 Å². The third-order valence-corrected chi connectivity index (χ3v) is 9.28. The van der Waals surface area contributed by atoms with Crippen LogP contribution < -0.4 is 4.90 Å². The van der Waals surface area contributed by atoms with Crippen LogP contribution in [0, 0.1) is 25.7 Å². The molecule has 8 rings (SSSR count). The molecule has 3 aliphatic carbocycles. The van der Waals surface area contributed by atoms with E-state index in [0.717, 1.165) is 43.5 Å². The van der Waals surface area contributed by atoms with Crippen molar-refractivity contribution >= 4 is 45.3 Å². The van der Waals surface area contributed by atoms with E-state index in [0.29, 0.717) is 5.69 Å². The number of amides is 2. The second kappa shape index (κ2) is 8.34. The van der Waals surface area contributed by atoms with Gasteiger partial charge in [-0.25, -0.2) is 4.90 Å². The number of nitrogens with zero attached hydrogens (tertiary/aromatic N) is 2. The lowest BCUT2D eigenvalue weighted by atomic mass is 9.47. The normalized spacial score (nSPS) is 25.0. The summed E-state index contributed by atoms with van der Waals surface area (Å²) in [5.74, 6) is -1.56. The Kier molecular flexibility index (Phi) is 5.11. The zero-order valence-electron chi connectivity index (χ0n) is 21.1.